The summed E-state index contributed by atoms with van der Waals surface area (Å²) in [5.41, 5.74) is 6.36. The zero-order valence-corrected chi connectivity index (χ0v) is 12.4. The van der Waals surface area contributed by atoms with Gasteiger partial charge in [0.1, 0.15) is 6.61 Å². The van der Waals surface area contributed by atoms with E-state index in [0.29, 0.717) is 6.04 Å². The average Bonchev–Trinajstić information content (AvgIpc) is 2.86. The summed E-state index contributed by atoms with van der Waals surface area (Å²) >= 11 is 1.66. The zero-order valence-electron chi connectivity index (χ0n) is 11.6. The minimum Gasteiger partial charge on any atom is -0.384 e. The molecule has 0 aliphatic carbocycles. The predicted molar refractivity (Wildman–Crippen MR) is 80.1 cm³/mol. The number of rotatable bonds is 3. The maximum absolute atomic E-state index is 11.3. The fourth-order valence-corrected chi connectivity index (χ4v) is 3.34. The van der Waals surface area contributed by atoms with Gasteiger partial charge in [0, 0.05) is 35.0 Å². The van der Waals surface area contributed by atoms with Crippen molar-refractivity contribution in [2.45, 2.75) is 32.4 Å². The number of carbonyl (C=O) groups is 1. The Morgan fingerprint density at radius 1 is 1.60 bits per heavy atom. The summed E-state index contributed by atoms with van der Waals surface area (Å²) in [5.74, 6) is 5.34. The van der Waals surface area contributed by atoms with Crippen molar-refractivity contribution in [2.24, 2.45) is 11.7 Å². The first kappa shape index (κ1) is 15.0. The number of likely N-dealkylation sites (tertiary alicyclic amines) is 1. The van der Waals surface area contributed by atoms with Crippen LogP contribution in [0.4, 0.5) is 0 Å². The number of hydrogen-bond acceptors (Lipinski definition) is 4. The molecule has 1 aromatic rings. The van der Waals surface area contributed by atoms with Crippen molar-refractivity contribution in [3.8, 4) is 11.8 Å². The van der Waals surface area contributed by atoms with Crippen LogP contribution in [0, 0.1) is 17.8 Å². The zero-order chi connectivity index (χ0) is 14.5. The molecule has 5 heteroatoms. The van der Waals surface area contributed by atoms with E-state index in [9.17, 15) is 4.79 Å². The number of nitrogens with two attached hydrogens (primary N) is 1. The van der Waals surface area contributed by atoms with E-state index < -0.39 is 0 Å². The van der Waals surface area contributed by atoms with Gasteiger partial charge in [0.25, 0.3) is 0 Å². The third-order valence-corrected chi connectivity index (χ3v) is 4.66. The number of hydrogen-bond donors (Lipinski definition) is 2. The van der Waals surface area contributed by atoms with Crippen LogP contribution in [0.1, 0.15) is 30.2 Å². The normalized spacial score (nSPS) is 23.1. The Labute approximate surface area is 123 Å². The molecule has 1 aliphatic rings. The standard InChI is InChI=1S/C15H20N2O2S/c1-11-4-5-13(15(16)19)8-17(11)9-14-7-12(10-20-14)3-2-6-18/h7,10-11,13,18H,4-6,8-9H2,1H3,(H2,16,19). The third-order valence-electron chi connectivity index (χ3n) is 3.74. The monoisotopic (exact) mass is 292 g/mol. The highest BCUT2D eigenvalue weighted by Crippen LogP contribution is 2.25. The summed E-state index contributed by atoms with van der Waals surface area (Å²) in [7, 11) is 0. The fourth-order valence-electron chi connectivity index (χ4n) is 2.50. The van der Waals surface area contributed by atoms with Gasteiger partial charge in [-0.1, -0.05) is 11.8 Å². The molecule has 0 saturated carbocycles. The lowest BCUT2D eigenvalue weighted by atomic mass is 9.93. The molecule has 4 nitrogen and oxygen atoms in total. The molecule has 2 unspecified atom stereocenters. The van der Waals surface area contributed by atoms with Crippen molar-refractivity contribution in [3.05, 3.63) is 21.9 Å². The molecule has 2 rings (SSSR count). The molecule has 0 bridgehead atoms. The van der Waals surface area contributed by atoms with Gasteiger partial charge in [-0.2, -0.15) is 0 Å². The van der Waals surface area contributed by atoms with E-state index in [4.69, 9.17) is 10.8 Å². The Balaban J connectivity index is 2.00. The largest absolute Gasteiger partial charge is 0.384 e. The van der Waals surface area contributed by atoms with Gasteiger partial charge in [-0.05, 0) is 25.8 Å². The topological polar surface area (TPSA) is 66.6 Å². The summed E-state index contributed by atoms with van der Waals surface area (Å²) in [6.07, 6.45) is 1.90. The SMILES string of the molecule is CC1CCC(C(N)=O)CN1Cc1cc(C#CCO)cs1. The fraction of sp³-hybridized carbons (Fsp3) is 0.533. The average molecular weight is 292 g/mol. The first-order chi connectivity index (χ1) is 9.60. The lowest BCUT2D eigenvalue weighted by molar-refractivity contribution is -0.124. The molecule has 1 aromatic heterocycles. The smallest absolute Gasteiger partial charge is 0.221 e. The Morgan fingerprint density at radius 2 is 2.40 bits per heavy atom. The van der Waals surface area contributed by atoms with E-state index in [1.165, 1.54) is 4.88 Å². The quantitative estimate of drug-likeness (QED) is 0.822. The molecule has 2 atom stereocenters. The number of nitrogens with zero attached hydrogens (tertiary/aromatic N) is 1. The van der Waals surface area contributed by atoms with E-state index in [1.54, 1.807) is 11.3 Å². The molecule has 0 radical (unpaired) electrons. The van der Waals surface area contributed by atoms with Crippen LogP contribution in [-0.2, 0) is 11.3 Å². The lowest BCUT2D eigenvalue weighted by Crippen LogP contribution is -2.45. The van der Waals surface area contributed by atoms with E-state index in [-0.39, 0.29) is 18.4 Å². The number of piperidine rings is 1. The first-order valence-electron chi connectivity index (χ1n) is 6.80. The number of carbonyl (C=O) groups excluding carboxylic acids is 1. The minimum absolute atomic E-state index is 0.0280. The molecular weight excluding hydrogens is 272 g/mol. The Hall–Kier alpha value is -1.35. The predicted octanol–water partition coefficient (Wildman–Crippen LogP) is 1.18. The van der Waals surface area contributed by atoms with Crippen LogP contribution in [0.25, 0.3) is 0 Å². The lowest BCUT2D eigenvalue weighted by Gasteiger charge is -2.36. The van der Waals surface area contributed by atoms with E-state index in [1.807, 2.05) is 11.4 Å². The molecule has 2 heterocycles. The Kier molecular flexibility index (Phi) is 5.18. The van der Waals surface area contributed by atoms with Crippen LogP contribution in [-0.4, -0.2) is 35.1 Å². The minimum atomic E-state index is -0.192. The van der Waals surface area contributed by atoms with Crippen LogP contribution in [0.5, 0.6) is 0 Å². The van der Waals surface area contributed by atoms with Gasteiger partial charge in [-0.15, -0.1) is 11.3 Å². The molecule has 0 aromatic carbocycles. The molecule has 108 valence electrons. The Morgan fingerprint density at radius 3 is 3.10 bits per heavy atom. The van der Waals surface area contributed by atoms with Crippen LogP contribution >= 0.6 is 11.3 Å². The Bertz CT molecular complexity index is 529. The van der Waals surface area contributed by atoms with E-state index in [0.717, 1.165) is 31.5 Å². The van der Waals surface area contributed by atoms with Gasteiger partial charge < -0.3 is 10.8 Å². The number of amides is 1. The van der Waals surface area contributed by atoms with Gasteiger partial charge in [0.15, 0.2) is 0 Å². The van der Waals surface area contributed by atoms with E-state index >= 15 is 0 Å². The number of aliphatic hydroxyl groups excluding tert-OH is 1. The number of thiophene rings is 1. The highest BCUT2D eigenvalue weighted by atomic mass is 32.1. The third kappa shape index (κ3) is 3.83. The van der Waals surface area contributed by atoms with Crippen molar-refractivity contribution in [2.75, 3.05) is 13.2 Å². The number of aliphatic hydroxyl groups is 1. The summed E-state index contributed by atoms with van der Waals surface area (Å²) in [6, 6.07) is 2.52. The van der Waals surface area contributed by atoms with Gasteiger partial charge in [0.2, 0.25) is 5.91 Å². The highest BCUT2D eigenvalue weighted by molar-refractivity contribution is 7.10. The van der Waals surface area contributed by atoms with Gasteiger partial charge >= 0.3 is 0 Å². The molecule has 3 N–H and O–H groups in total. The van der Waals surface area contributed by atoms with Crippen molar-refractivity contribution in [1.82, 2.24) is 4.90 Å². The number of primary amides is 1. The summed E-state index contributed by atoms with van der Waals surface area (Å²) in [5, 5.41) is 10.7. The van der Waals surface area contributed by atoms with Crippen LogP contribution in [0.15, 0.2) is 11.4 Å². The maximum atomic E-state index is 11.3. The van der Waals surface area contributed by atoms with Crippen molar-refractivity contribution in [1.29, 1.82) is 0 Å². The molecule has 1 fully saturated rings. The van der Waals surface area contributed by atoms with E-state index in [2.05, 4.69) is 23.7 Å². The molecule has 1 saturated heterocycles. The maximum Gasteiger partial charge on any atom is 0.221 e. The van der Waals surface area contributed by atoms with Crippen LogP contribution in [0.2, 0.25) is 0 Å². The van der Waals surface area contributed by atoms with Gasteiger partial charge in [0.05, 0.1) is 5.92 Å². The molecular formula is C15H20N2O2S. The van der Waals surface area contributed by atoms with Gasteiger partial charge in [-0.25, -0.2) is 0 Å². The second kappa shape index (κ2) is 6.89. The first-order valence-corrected chi connectivity index (χ1v) is 7.68. The highest BCUT2D eigenvalue weighted by Gasteiger charge is 2.28. The van der Waals surface area contributed by atoms with Crippen LogP contribution in [0.3, 0.4) is 0 Å². The summed E-state index contributed by atoms with van der Waals surface area (Å²) in [6.45, 7) is 3.65. The van der Waals surface area contributed by atoms with Crippen molar-refractivity contribution < 1.29 is 9.90 Å². The molecule has 0 spiro atoms. The molecule has 1 amide bonds. The summed E-state index contributed by atoms with van der Waals surface area (Å²) in [4.78, 5) is 14.9. The van der Waals surface area contributed by atoms with Crippen LogP contribution < -0.4 is 5.73 Å². The molecule has 20 heavy (non-hydrogen) atoms. The van der Waals surface area contributed by atoms with Gasteiger partial charge in [-0.3, -0.25) is 9.69 Å². The summed E-state index contributed by atoms with van der Waals surface area (Å²) < 4.78 is 0. The van der Waals surface area contributed by atoms with Crippen molar-refractivity contribution in [3.63, 3.8) is 0 Å². The second-order valence-corrected chi connectivity index (χ2v) is 6.21. The molecule has 1 aliphatic heterocycles. The van der Waals surface area contributed by atoms with Crippen molar-refractivity contribution >= 4 is 17.2 Å². The second-order valence-electron chi connectivity index (χ2n) is 5.22.